The molecule has 8 heteroatoms. The minimum absolute atomic E-state index is 0.236. The summed E-state index contributed by atoms with van der Waals surface area (Å²) in [7, 11) is -3.66. The zero-order chi connectivity index (χ0) is 19.0. The van der Waals surface area contributed by atoms with E-state index >= 15 is 0 Å². The average molecular weight is 384 g/mol. The largest absolute Gasteiger partial charge is 0.472 e. The SMILES string of the molecule is Cc1ccc(OC2CCN(S(=O)(=O)c3cccc4ccc(C)nc34)C2)nn1. The van der Waals surface area contributed by atoms with Crippen molar-refractivity contribution in [1.29, 1.82) is 0 Å². The molecular weight excluding hydrogens is 364 g/mol. The zero-order valence-corrected chi connectivity index (χ0v) is 16.0. The molecule has 2 aromatic heterocycles. The van der Waals surface area contributed by atoms with E-state index in [0.29, 0.717) is 24.4 Å². The number of aromatic nitrogens is 3. The third-order valence-corrected chi connectivity index (χ3v) is 6.51. The molecule has 1 aliphatic heterocycles. The number of fused-ring (bicyclic) bond motifs is 1. The predicted molar refractivity (Wildman–Crippen MR) is 101 cm³/mol. The van der Waals surface area contributed by atoms with Crippen molar-refractivity contribution in [3.05, 3.63) is 53.9 Å². The third kappa shape index (κ3) is 3.50. The molecule has 3 aromatic rings. The van der Waals surface area contributed by atoms with Crippen LogP contribution in [0.2, 0.25) is 0 Å². The quantitative estimate of drug-likeness (QED) is 0.687. The number of benzene rings is 1. The molecule has 0 spiro atoms. The molecule has 0 saturated carbocycles. The summed E-state index contributed by atoms with van der Waals surface area (Å²) in [6.45, 7) is 4.38. The van der Waals surface area contributed by atoms with Gasteiger partial charge in [-0.1, -0.05) is 18.2 Å². The average Bonchev–Trinajstić information content (AvgIpc) is 3.12. The number of pyridine rings is 1. The van der Waals surface area contributed by atoms with E-state index in [1.54, 1.807) is 18.2 Å². The molecule has 1 aliphatic rings. The first-order valence-corrected chi connectivity index (χ1v) is 10.2. The van der Waals surface area contributed by atoms with Crippen LogP contribution in [0, 0.1) is 13.8 Å². The highest BCUT2D eigenvalue weighted by atomic mass is 32.2. The normalized spacial score (nSPS) is 18.1. The van der Waals surface area contributed by atoms with Gasteiger partial charge in [0.05, 0.1) is 17.8 Å². The lowest BCUT2D eigenvalue weighted by atomic mass is 10.2. The smallest absolute Gasteiger partial charge is 0.245 e. The van der Waals surface area contributed by atoms with Crippen molar-refractivity contribution >= 4 is 20.9 Å². The Bertz CT molecular complexity index is 1080. The molecule has 7 nitrogen and oxygen atoms in total. The Morgan fingerprint density at radius 3 is 2.63 bits per heavy atom. The summed E-state index contributed by atoms with van der Waals surface area (Å²) in [5, 5.41) is 8.76. The first-order valence-electron chi connectivity index (χ1n) is 8.77. The number of hydrogen-bond donors (Lipinski definition) is 0. The summed E-state index contributed by atoms with van der Waals surface area (Å²) >= 11 is 0. The second-order valence-electron chi connectivity index (χ2n) is 6.69. The fourth-order valence-electron chi connectivity index (χ4n) is 3.20. The van der Waals surface area contributed by atoms with Gasteiger partial charge >= 0.3 is 0 Å². The number of para-hydroxylation sites is 1. The van der Waals surface area contributed by atoms with E-state index in [1.165, 1.54) is 4.31 Å². The van der Waals surface area contributed by atoms with Crippen molar-refractivity contribution in [1.82, 2.24) is 19.5 Å². The molecule has 1 saturated heterocycles. The maximum absolute atomic E-state index is 13.2. The van der Waals surface area contributed by atoms with Crippen molar-refractivity contribution in [2.24, 2.45) is 0 Å². The van der Waals surface area contributed by atoms with E-state index in [-0.39, 0.29) is 17.5 Å². The van der Waals surface area contributed by atoms with Gasteiger partial charge in [0.1, 0.15) is 11.0 Å². The molecule has 0 bridgehead atoms. The highest BCUT2D eigenvalue weighted by Crippen LogP contribution is 2.28. The lowest BCUT2D eigenvalue weighted by molar-refractivity contribution is 0.204. The Kier molecular flexibility index (Phi) is 4.53. The topological polar surface area (TPSA) is 85.3 Å². The predicted octanol–water partition coefficient (Wildman–Crippen LogP) is 2.48. The summed E-state index contributed by atoms with van der Waals surface area (Å²) in [5.41, 5.74) is 2.09. The molecule has 1 atom stereocenters. The van der Waals surface area contributed by atoms with Gasteiger partial charge in [0.2, 0.25) is 15.9 Å². The minimum atomic E-state index is -3.66. The standard InChI is InChI=1S/C19H20N4O3S/c1-13-6-8-15-4-3-5-17(19(15)20-13)27(24,25)23-11-10-16(12-23)26-18-9-7-14(2)21-22-18/h3-9,16H,10-12H2,1-2H3. The van der Waals surface area contributed by atoms with Crippen LogP contribution in [-0.4, -0.2) is 47.1 Å². The maximum Gasteiger partial charge on any atom is 0.245 e. The van der Waals surface area contributed by atoms with Gasteiger partial charge in [0.25, 0.3) is 0 Å². The molecule has 140 valence electrons. The van der Waals surface area contributed by atoms with Crippen molar-refractivity contribution < 1.29 is 13.2 Å². The van der Waals surface area contributed by atoms with Crippen LogP contribution < -0.4 is 4.74 Å². The van der Waals surface area contributed by atoms with E-state index in [9.17, 15) is 8.42 Å². The van der Waals surface area contributed by atoms with Crippen molar-refractivity contribution in [2.45, 2.75) is 31.3 Å². The Morgan fingerprint density at radius 2 is 1.85 bits per heavy atom. The van der Waals surface area contributed by atoms with Gasteiger partial charge in [0.15, 0.2) is 0 Å². The van der Waals surface area contributed by atoms with Gasteiger partial charge < -0.3 is 4.74 Å². The number of hydrogen-bond acceptors (Lipinski definition) is 6. The van der Waals surface area contributed by atoms with E-state index in [2.05, 4.69) is 15.2 Å². The fourth-order valence-corrected chi connectivity index (χ4v) is 4.84. The van der Waals surface area contributed by atoms with Crippen LogP contribution in [0.1, 0.15) is 17.8 Å². The molecule has 0 aliphatic carbocycles. The maximum atomic E-state index is 13.2. The number of ether oxygens (including phenoxy) is 1. The second-order valence-corrected chi connectivity index (χ2v) is 8.59. The van der Waals surface area contributed by atoms with Gasteiger partial charge in [-0.2, -0.15) is 9.40 Å². The number of sulfonamides is 1. The van der Waals surface area contributed by atoms with Crippen molar-refractivity contribution in [2.75, 3.05) is 13.1 Å². The molecule has 0 N–H and O–H groups in total. The second kappa shape index (κ2) is 6.86. The van der Waals surface area contributed by atoms with Crippen LogP contribution in [0.4, 0.5) is 0 Å². The summed E-state index contributed by atoms with van der Waals surface area (Å²) < 4.78 is 33.7. The lowest BCUT2D eigenvalue weighted by Gasteiger charge is -2.18. The Hall–Kier alpha value is -2.58. The van der Waals surface area contributed by atoms with Crippen LogP contribution in [0.5, 0.6) is 5.88 Å². The Morgan fingerprint density at radius 1 is 1.04 bits per heavy atom. The zero-order valence-electron chi connectivity index (χ0n) is 15.2. The molecule has 1 aromatic carbocycles. The molecular formula is C19H20N4O3S. The summed E-state index contributed by atoms with van der Waals surface area (Å²) in [6, 6.07) is 12.6. The molecule has 1 unspecified atom stereocenters. The molecule has 27 heavy (non-hydrogen) atoms. The lowest BCUT2D eigenvalue weighted by Crippen LogP contribution is -2.31. The molecule has 1 fully saturated rings. The number of aryl methyl sites for hydroxylation is 2. The molecule has 3 heterocycles. The van der Waals surface area contributed by atoms with Crippen LogP contribution in [0.3, 0.4) is 0 Å². The van der Waals surface area contributed by atoms with Crippen LogP contribution in [0.15, 0.2) is 47.4 Å². The Labute approximate surface area is 158 Å². The van der Waals surface area contributed by atoms with Crippen molar-refractivity contribution in [3.63, 3.8) is 0 Å². The highest BCUT2D eigenvalue weighted by Gasteiger charge is 2.35. The van der Waals surface area contributed by atoms with E-state index in [4.69, 9.17) is 4.74 Å². The minimum Gasteiger partial charge on any atom is -0.472 e. The summed E-state index contributed by atoms with van der Waals surface area (Å²) in [6.07, 6.45) is 0.355. The van der Waals surface area contributed by atoms with Crippen LogP contribution in [-0.2, 0) is 10.0 Å². The van der Waals surface area contributed by atoms with E-state index in [1.807, 2.05) is 38.1 Å². The first-order chi connectivity index (χ1) is 12.9. The van der Waals surface area contributed by atoms with Crippen LogP contribution >= 0.6 is 0 Å². The van der Waals surface area contributed by atoms with Gasteiger partial charge in [0, 0.05) is 23.7 Å². The number of nitrogens with zero attached hydrogens (tertiary/aromatic N) is 4. The Balaban J connectivity index is 1.58. The number of rotatable bonds is 4. The monoisotopic (exact) mass is 384 g/mol. The van der Waals surface area contributed by atoms with Gasteiger partial charge in [-0.15, -0.1) is 5.10 Å². The van der Waals surface area contributed by atoms with Gasteiger partial charge in [-0.05, 0) is 38.5 Å². The summed E-state index contributed by atoms with van der Waals surface area (Å²) in [4.78, 5) is 4.69. The van der Waals surface area contributed by atoms with E-state index in [0.717, 1.165) is 16.8 Å². The fraction of sp³-hybridized carbons (Fsp3) is 0.316. The van der Waals surface area contributed by atoms with Gasteiger partial charge in [-0.25, -0.2) is 8.42 Å². The first kappa shape index (κ1) is 17.8. The molecule has 0 radical (unpaired) electrons. The summed E-state index contributed by atoms with van der Waals surface area (Å²) in [5.74, 6) is 0.410. The third-order valence-electron chi connectivity index (χ3n) is 4.61. The van der Waals surface area contributed by atoms with Crippen LogP contribution in [0.25, 0.3) is 10.9 Å². The van der Waals surface area contributed by atoms with Crippen molar-refractivity contribution in [3.8, 4) is 5.88 Å². The molecule has 0 amide bonds. The van der Waals surface area contributed by atoms with Gasteiger partial charge in [-0.3, -0.25) is 4.98 Å². The van der Waals surface area contributed by atoms with E-state index < -0.39 is 10.0 Å². The molecule has 4 rings (SSSR count). The highest BCUT2D eigenvalue weighted by molar-refractivity contribution is 7.89.